The Hall–Kier alpha value is -0.970. The van der Waals surface area contributed by atoms with Crippen molar-refractivity contribution in [3.05, 3.63) is 27.7 Å². The van der Waals surface area contributed by atoms with Crippen molar-refractivity contribution in [2.45, 2.75) is 26.4 Å². The molecule has 106 valence electrons. The Morgan fingerprint density at radius 3 is 2.42 bits per heavy atom. The zero-order valence-electron chi connectivity index (χ0n) is 11.1. The van der Waals surface area contributed by atoms with E-state index in [0.717, 1.165) is 0 Å². The van der Waals surface area contributed by atoms with Crippen LogP contribution in [-0.2, 0) is 9.47 Å². The summed E-state index contributed by atoms with van der Waals surface area (Å²) in [5.74, 6) is -0.511. The average Bonchev–Trinajstić information content (AvgIpc) is 2.29. The van der Waals surface area contributed by atoms with E-state index >= 15 is 0 Å². The molecule has 0 aliphatic carbocycles. The van der Waals surface area contributed by atoms with E-state index in [2.05, 4.69) is 0 Å². The molecule has 1 aromatic rings. The van der Waals surface area contributed by atoms with E-state index < -0.39 is 5.97 Å². The van der Waals surface area contributed by atoms with Gasteiger partial charge >= 0.3 is 5.97 Å². The van der Waals surface area contributed by atoms with Crippen molar-refractivity contribution in [2.24, 2.45) is 0 Å². The summed E-state index contributed by atoms with van der Waals surface area (Å²) in [6, 6.07) is 2.86. The number of nitrogen functional groups attached to an aromatic ring is 1. The first-order valence-electron chi connectivity index (χ1n) is 5.76. The van der Waals surface area contributed by atoms with Gasteiger partial charge in [-0.2, -0.15) is 0 Å². The molecule has 0 aliphatic rings. The Balaban J connectivity index is 2.55. The first-order valence-corrected chi connectivity index (χ1v) is 6.52. The average molecular weight is 306 g/mol. The van der Waals surface area contributed by atoms with Crippen molar-refractivity contribution in [3.8, 4) is 0 Å². The normalized spacial score (nSPS) is 11.4. The molecular formula is C13H17Cl2NO3. The van der Waals surface area contributed by atoms with Crippen molar-refractivity contribution in [2.75, 3.05) is 18.9 Å². The van der Waals surface area contributed by atoms with E-state index in [9.17, 15) is 4.79 Å². The third-order valence-electron chi connectivity index (χ3n) is 2.14. The molecular weight excluding hydrogens is 289 g/mol. The van der Waals surface area contributed by atoms with Gasteiger partial charge < -0.3 is 15.2 Å². The van der Waals surface area contributed by atoms with Crippen LogP contribution in [0.25, 0.3) is 0 Å². The zero-order valence-corrected chi connectivity index (χ0v) is 12.6. The zero-order chi connectivity index (χ0) is 14.6. The molecule has 6 heteroatoms. The molecule has 0 heterocycles. The first-order chi connectivity index (χ1) is 8.70. The highest BCUT2D eigenvalue weighted by Crippen LogP contribution is 2.29. The molecule has 0 saturated heterocycles. The van der Waals surface area contributed by atoms with Crippen LogP contribution < -0.4 is 5.73 Å². The fourth-order valence-electron chi connectivity index (χ4n) is 1.29. The number of rotatable bonds is 4. The summed E-state index contributed by atoms with van der Waals surface area (Å²) in [5, 5.41) is 0.453. The van der Waals surface area contributed by atoms with Gasteiger partial charge in [0.1, 0.15) is 6.61 Å². The van der Waals surface area contributed by atoms with Gasteiger partial charge in [-0.05, 0) is 32.9 Å². The van der Waals surface area contributed by atoms with Crippen LogP contribution in [0.3, 0.4) is 0 Å². The molecule has 2 N–H and O–H groups in total. The number of halogens is 2. The van der Waals surface area contributed by atoms with Gasteiger partial charge in [-0.3, -0.25) is 0 Å². The maximum Gasteiger partial charge on any atom is 0.338 e. The number of hydrogen-bond acceptors (Lipinski definition) is 4. The summed E-state index contributed by atoms with van der Waals surface area (Å²) < 4.78 is 10.5. The quantitative estimate of drug-likeness (QED) is 0.525. The van der Waals surface area contributed by atoms with E-state index in [-0.39, 0.29) is 33.5 Å². The standard InChI is InChI=1S/C13H17Cl2NO3/c1-13(2,3)19-5-4-18-12(17)8-6-9(14)11(15)10(16)7-8/h6-7H,4-5,16H2,1-3H3. The molecule has 0 radical (unpaired) electrons. The molecule has 0 spiro atoms. The minimum atomic E-state index is -0.511. The van der Waals surface area contributed by atoms with Crippen molar-refractivity contribution in [1.82, 2.24) is 0 Å². The molecule has 0 unspecified atom stereocenters. The summed E-state index contributed by atoms with van der Waals surface area (Å²) >= 11 is 11.6. The summed E-state index contributed by atoms with van der Waals surface area (Å²) in [6.07, 6.45) is 0. The van der Waals surface area contributed by atoms with Gasteiger partial charge in [0, 0.05) is 0 Å². The number of nitrogens with two attached hydrogens (primary N) is 1. The summed E-state index contributed by atoms with van der Waals surface area (Å²) in [7, 11) is 0. The lowest BCUT2D eigenvalue weighted by Gasteiger charge is -2.19. The molecule has 1 rings (SSSR count). The molecule has 0 aliphatic heterocycles. The molecule has 0 aromatic heterocycles. The number of anilines is 1. The number of benzene rings is 1. The van der Waals surface area contributed by atoms with E-state index in [1.54, 1.807) is 0 Å². The van der Waals surface area contributed by atoms with Gasteiger partial charge in [0.15, 0.2) is 0 Å². The highest BCUT2D eigenvalue weighted by Gasteiger charge is 2.14. The fraction of sp³-hybridized carbons (Fsp3) is 0.462. The lowest BCUT2D eigenvalue weighted by Crippen LogP contribution is -2.22. The van der Waals surface area contributed by atoms with Crippen LogP contribution in [0, 0.1) is 0 Å². The minimum absolute atomic E-state index is 0.163. The predicted molar refractivity (Wildman–Crippen MR) is 76.9 cm³/mol. The Bertz CT molecular complexity index is 446. The van der Waals surface area contributed by atoms with Gasteiger partial charge in [0.25, 0.3) is 0 Å². The van der Waals surface area contributed by atoms with Crippen LogP contribution in [-0.4, -0.2) is 24.8 Å². The molecule has 0 atom stereocenters. The lowest BCUT2D eigenvalue weighted by atomic mass is 10.2. The second kappa shape index (κ2) is 6.46. The second-order valence-corrected chi connectivity index (χ2v) is 5.74. The van der Waals surface area contributed by atoms with Crippen LogP contribution in [0.2, 0.25) is 10.0 Å². The summed E-state index contributed by atoms with van der Waals surface area (Å²) in [4.78, 5) is 11.7. The summed E-state index contributed by atoms with van der Waals surface area (Å²) in [6.45, 7) is 6.26. The first kappa shape index (κ1) is 16.1. The maximum atomic E-state index is 11.7. The Labute approximate surface area is 122 Å². The third-order valence-corrected chi connectivity index (χ3v) is 2.96. The van der Waals surface area contributed by atoms with E-state index in [0.29, 0.717) is 6.61 Å². The number of hydrogen-bond donors (Lipinski definition) is 1. The van der Waals surface area contributed by atoms with Gasteiger partial charge in [0.2, 0.25) is 0 Å². The van der Waals surface area contributed by atoms with Crippen molar-refractivity contribution in [1.29, 1.82) is 0 Å². The second-order valence-electron chi connectivity index (χ2n) is 4.96. The van der Waals surface area contributed by atoms with Crippen molar-refractivity contribution < 1.29 is 14.3 Å². The fourth-order valence-corrected chi connectivity index (χ4v) is 1.63. The molecule has 4 nitrogen and oxygen atoms in total. The monoisotopic (exact) mass is 305 g/mol. The molecule has 0 fully saturated rings. The molecule has 19 heavy (non-hydrogen) atoms. The van der Waals surface area contributed by atoms with E-state index in [1.165, 1.54) is 12.1 Å². The maximum absolute atomic E-state index is 11.7. The highest BCUT2D eigenvalue weighted by atomic mass is 35.5. The molecule has 1 aromatic carbocycles. The number of ether oxygens (including phenoxy) is 2. The Morgan fingerprint density at radius 2 is 1.89 bits per heavy atom. The predicted octanol–water partition coefficient (Wildman–Crippen LogP) is 3.55. The van der Waals surface area contributed by atoms with E-state index in [4.69, 9.17) is 38.4 Å². The number of carbonyl (C=O) groups is 1. The Kier molecular flexibility index (Phi) is 5.47. The van der Waals surface area contributed by atoms with Gasteiger partial charge in [-0.1, -0.05) is 23.2 Å². The van der Waals surface area contributed by atoms with E-state index in [1.807, 2.05) is 20.8 Å². The van der Waals surface area contributed by atoms with Crippen LogP contribution in [0.5, 0.6) is 0 Å². The van der Waals surface area contributed by atoms with Crippen LogP contribution in [0.4, 0.5) is 5.69 Å². The SMILES string of the molecule is CC(C)(C)OCCOC(=O)c1cc(N)c(Cl)c(Cl)c1. The van der Waals surface area contributed by atoms with Crippen molar-refractivity contribution >= 4 is 34.9 Å². The van der Waals surface area contributed by atoms with Gasteiger partial charge in [0.05, 0.1) is 33.5 Å². The molecule has 0 amide bonds. The lowest BCUT2D eigenvalue weighted by molar-refractivity contribution is -0.0281. The minimum Gasteiger partial charge on any atom is -0.460 e. The molecule has 0 bridgehead atoms. The number of esters is 1. The highest BCUT2D eigenvalue weighted by molar-refractivity contribution is 6.43. The van der Waals surface area contributed by atoms with Gasteiger partial charge in [-0.25, -0.2) is 4.79 Å². The van der Waals surface area contributed by atoms with Crippen molar-refractivity contribution in [3.63, 3.8) is 0 Å². The Morgan fingerprint density at radius 1 is 1.26 bits per heavy atom. The third kappa shape index (κ3) is 5.27. The van der Waals surface area contributed by atoms with Crippen LogP contribution >= 0.6 is 23.2 Å². The van der Waals surface area contributed by atoms with Crippen LogP contribution in [0.15, 0.2) is 12.1 Å². The number of carbonyl (C=O) groups excluding carboxylic acids is 1. The largest absolute Gasteiger partial charge is 0.460 e. The van der Waals surface area contributed by atoms with Crippen LogP contribution in [0.1, 0.15) is 31.1 Å². The molecule has 0 saturated carbocycles. The summed E-state index contributed by atoms with van der Waals surface area (Å²) in [5.41, 5.74) is 5.87. The smallest absolute Gasteiger partial charge is 0.338 e. The van der Waals surface area contributed by atoms with Gasteiger partial charge in [-0.15, -0.1) is 0 Å². The topological polar surface area (TPSA) is 61.5 Å².